The van der Waals surface area contributed by atoms with Gasteiger partial charge in [-0.3, -0.25) is 25.6 Å². The van der Waals surface area contributed by atoms with Crippen LogP contribution in [0.4, 0.5) is 0 Å². The Labute approximate surface area is 165 Å². The van der Waals surface area contributed by atoms with Crippen molar-refractivity contribution < 1.29 is 4.79 Å². The second-order valence-corrected chi connectivity index (χ2v) is 7.20. The lowest BCUT2D eigenvalue weighted by Gasteiger charge is -2.11. The van der Waals surface area contributed by atoms with Crippen LogP contribution in [0, 0.1) is 0 Å². The van der Waals surface area contributed by atoms with E-state index in [-0.39, 0.29) is 18.2 Å². The predicted octanol–water partition coefficient (Wildman–Crippen LogP) is 2.32. The molecule has 1 amide bonds. The Hall–Kier alpha value is -2.19. The zero-order valence-corrected chi connectivity index (χ0v) is 15.9. The lowest BCUT2D eigenvalue weighted by Crippen LogP contribution is -2.26. The number of amides is 1. The number of nitrogens with one attached hydrogen (secondary N) is 4. The molecule has 0 atom stereocenters. The van der Waals surface area contributed by atoms with Gasteiger partial charge in [-0.1, -0.05) is 29.3 Å². The molecule has 140 valence electrons. The van der Waals surface area contributed by atoms with Gasteiger partial charge in [0.1, 0.15) is 0 Å². The molecule has 2 aromatic heterocycles. The van der Waals surface area contributed by atoms with Crippen LogP contribution in [-0.4, -0.2) is 33.9 Å². The van der Waals surface area contributed by atoms with E-state index in [1.807, 2.05) is 6.07 Å². The van der Waals surface area contributed by atoms with Crippen LogP contribution in [0.25, 0.3) is 10.9 Å². The molecule has 1 aromatic carbocycles. The number of hydrogen-bond donors (Lipinski definition) is 4. The number of aromatic amines is 1. The third-order valence-electron chi connectivity index (χ3n) is 4.64. The van der Waals surface area contributed by atoms with Crippen LogP contribution in [0.3, 0.4) is 0 Å². The molecular formula is C18H18Cl2N6O. The largest absolute Gasteiger partial charge is 0.356 e. The van der Waals surface area contributed by atoms with Gasteiger partial charge in [0, 0.05) is 42.5 Å². The van der Waals surface area contributed by atoms with E-state index in [1.165, 1.54) is 0 Å². The summed E-state index contributed by atoms with van der Waals surface area (Å²) in [6.07, 6.45) is 5.05. The smallest absolute Gasteiger partial charge is 0.226 e. The number of hydrogen-bond acceptors (Lipinski definition) is 5. The van der Waals surface area contributed by atoms with Crippen LogP contribution in [0.1, 0.15) is 22.9 Å². The van der Waals surface area contributed by atoms with Crippen LogP contribution < -0.4 is 16.2 Å². The summed E-state index contributed by atoms with van der Waals surface area (Å²) in [5, 5.41) is 4.84. The van der Waals surface area contributed by atoms with E-state index in [4.69, 9.17) is 23.2 Å². The summed E-state index contributed by atoms with van der Waals surface area (Å²) in [4.78, 5) is 24.0. The van der Waals surface area contributed by atoms with Crippen LogP contribution in [0.5, 0.6) is 0 Å². The molecule has 0 saturated carbocycles. The van der Waals surface area contributed by atoms with Crippen molar-refractivity contribution in [1.29, 1.82) is 0 Å². The molecule has 1 fully saturated rings. The SMILES string of the molecule is O=C(Cc1[nH]c2c(Cl)c(Cl)ccc2c1C1CNNC1)NCc1cnccn1. The van der Waals surface area contributed by atoms with E-state index in [0.29, 0.717) is 22.3 Å². The van der Waals surface area contributed by atoms with Crippen molar-refractivity contribution in [3.05, 3.63) is 57.7 Å². The molecule has 1 aliphatic rings. The lowest BCUT2D eigenvalue weighted by molar-refractivity contribution is -0.120. The third-order valence-corrected chi connectivity index (χ3v) is 5.44. The molecule has 1 saturated heterocycles. The van der Waals surface area contributed by atoms with Gasteiger partial charge in [0.05, 0.1) is 40.4 Å². The summed E-state index contributed by atoms with van der Waals surface area (Å²) in [5.74, 6) is 0.133. The molecule has 3 heterocycles. The zero-order chi connectivity index (χ0) is 18.8. The van der Waals surface area contributed by atoms with E-state index in [1.54, 1.807) is 24.7 Å². The first-order chi connectivity index (χ1) is 13.1. The summed E-state index contributed by atoms with van der Waals surface area (Å²) < 4.78 is 0. The Morgan fingerprint density at radius 2 is 2.04 bits per heavy atom. The fourth-order valence-electron chi connectivity index (χ4n) is 3.38. The van der Waals surface area contributed by atoms with Crippen LogP contribution >= 0.6 is 23.2 Å². The summed E-state index contributed by atoms with van der Waals surface area (Å²) >= 11 is 12.5. The van der Waals surface area contributed by atoms with E-state index < -0.39 is 0 Å². The number of aromatic nitrogens is 3. The molecule has 7 nitrogen and oxygen atoms in total. The fourth-order valence-corrected chi connectivity index (χ4v) is 3.75. The van der Waals surface area contributed by atoms with Crippen molar-refractivity contribution in [2.24, 2.45) is 0 Å². The minimum atomic E-state index is -0.102. The van der Waals surface area contributed by atoms with Crippen molar-refractivity contribution in [3.8, 4) is 0 Å². The highest BCUT2D eigenvalue weighted by Gasteiger charge is 2.26. The Balaban J connectivity index is 1.61. The number of nitrogens with zero attached hydrogens (tertiary/aromatic N) is 2. The van der Waals surface area contributed by atoms with Gasteiger partial charge >= 0.3 is 0 Å². The summed E-state index contributed by atoms with van der Waals surface area (Å²) in [6.45, 7) is 1.89. The molecule has 0 spiro atoms. The van der Waals surface area contributed by atoms with Crippen molar-refractivity contribution in [1.82, 2.24) is 31.1 Å². The number of benzene rings is 1. The minimum absolute atomic E-state index is 0.102. The van der Waals surface area contributed by atoms with Crippen LogP contribution in [0.15, 0.2) is 30.7 Å². The maximum Gasteiger partial charge on any atom is 0.226 e. The van der Waals surface area contributed by atoms with Crippen molar-refractivity contribution >= 4 is 40.0 Å². The molecule has 4 rings (SSSR count). The second kappa shape index (κ2) is 7.82. The summed E-state index contributed by atoms with van der Waals surface area (Å²) in [7, 11) is 0. The lowest BCUT2D eigenvalue weighted by atomic mass is 9.95. The number of rotatable bonds is 5. The van der Waals surface area contributed by atoms with Crippen molar-refractivity contribution in [2.45, 2.75) is 18.9 Å². The van der Waals surface area contributed by atoms with E-state index >= 15 is 0 Å². The van der Waals surface area contributed by atoms with Gasteiger partial charge in [0.25, 0.3) is 0 Å². The highest BCUT2D eigenvalue weighted by Crippen LogP contribution is 2.37. The van der Waals surface area contributed by atoms with Gasteiger partial charge in [-0.15, -0.1) is 0 Å². The summed E-state index contributed by atoms with van der Waals surface area (Å²) in [5.41, 5.74) is 9.70. The van der Waals surface area contributed by atoms with Gasteiger partial charge in [-0.2, -0.15) is 0 Å². The molecule has 0 radical (unpaired) electrons. The second-order valence-electron chi connectivity index (χ2n) is 6.41. The monoisotopic (exact) mass is 404 g/mol. The standard InChI is InChI=1S/C18H18Cl2N6O/c19-13-2-1-12-16(10-6-24-25-7-10)14(26-18(12)17(13)20)5-15(27)23-9-11-8-21-3-4-22-11/h1-4,8,10,24-26H,5-7,9H2,(H,23,27). The number of halogens is 2. The molecular weight excluding hydrogens is 387 g/mol. The topological polar surface area (TPSA) is 94.7 Å². The van der Waals surface area contributed by atoms with Crippen LogP contribution in [0.2, 0.25) is 10.0 Å². The van der Waals surface area contributed by atoms with Gasteiger partial charge < -0.3 is 10.3 Å². The molecule has 1 aliphatic heterocycles. The Kier molecular flexibility index (Phi) is 5.27. The summed E-state index contributed by atoms with van der Waals surface area (Å²) in [6, 6.07) is 3.74. The van der Waals surface area contributed by atoms with Gasteiger partial charge in [0.15, 0.2) is 0 Å². The highest BCUT2D eigenvalue weighted by atomic mass is 35.5. The number of fused-ring (bicyclic) bond motifs is 1. The Morgan fingerprint density at radius 3 is 2.78 bits per heavy atom. The molecule has 3 aromatic rings. The van der Waals surface area contributed by atoms with E-state index in [2.05, 4.69) is 31.1 Å². The minimum Gasteiger partial charge on any atom is -0.356 e. The normalized spacial score (nSPS) is 14.7. The molecule has 4 N–H and O–H groups in total. The molecule has 9 heteroatoms. The van der Waals surface area contributed by atoms with Gasteiger partial charge in [-0.05, 0) is 11.6 Å². The first-order valence-corrected chi connectivity index (χ1v) is 9.35. The van der Waals surface area contributed by atoms with E-state index in [0.717, 1.165) is 35.2 Å². The number of carbonyl (C=O) groups excluding carboxylic acids is 1. The average Bonchev–Trinajstić information content (AvgIpc) is 3.32. The maximum absolute atomic E-state index is 12.5. The Morgan fingerprint density at radius 1 is 1.22 bits per heavy atom. The predicted molar refractivity (Wildman–Crippen MR) is 105 cm³/mol. The average molecular weight is 405 g/mol. The van der Waals surface area contributed by atoms with E-state index in [9.17, 15) is 4.79 Å². The number of H-pyrrole nitrogens is 1. The van der Waals surface area contributed by atoms with Crippen molar-refractivity contribution in [2.75, 3.05) is 13.1 Å². The quantitative estimate of drug-likeness (QED) is 0.523. The molecule has 0 aliphatic carbocycles. The molecule has 0 bridgehead atoms. The number of hydrazine groups is 1. The fraction of sp³-hybridized carbons (Fsp3) is 0.278. The first-order valence-electron chi connectivity index (χ1n) is 8.59. The molecule has 0 unspecified atom stereocenters. The van der Waals surface area contributed by atoms with Gasteiger partial charge in [0.2, 0.25) is 5.91 Å². The van der Waals surface area contributed by atoms with Crippen molar-refractivity contribution in [3.63, 3.8) is 0 Å². The van der Waals surface area contributed by atoms with Crippen LogP contribution in [-0.2, 0) is 17.8 Å². The maximum atomic E-state index is 12.5. The molecule has 27 heavy (non-hydrogen) atoms. The zero-order valence-electron chi connectivity index (χ0n) is 14.4. The first kappa shape index (κ1) is 18.2. The van der Waals surface area contributed by atoms with Gasteiger partial charge in [-0.25, -0.2) is 0 Å². The highest BCUT2D eigenvalue weighted by molar-refractivity contribution is 6.45. The third kappa shape index (κ3) is 3.77. The number of carbonyl (C=O) groups is 1. The Bertz CT molecular complexity index is 969.